The number of nitrogens with zero attached hydrogens (tertiary/aromatic N) is 3. The van der Waals surface area contributed by atoms with Gasteiger partial charge in [-0.05, 0) is 53.6 Å². The van der Waals surface area contributed by atoms with Crippen LogP contribution in [-0.2, 0) is 0 Å². The van der Waals surface area contributed by atoms with E-state index in [-0.39, 0.29) is 0 Å². The summed E-state index contributed by atoms with van der Waals surface area (Å²) in [6.45, 7) is 0. The second kappa shape index (κ2) is 7.73. The predicted octanol–water partition coefficient (Wildman–Crippen LogP) is 8.36. The van der Waals surface area contributed by atoms with Gasteiger partial charge < -0.3 is 0 Å². The quantitative estimate of drug-likeness (QED) is 0.242. The van der Waals surface area contributed by atoms with E-state index in [9.17, 15) is 5.26 Å². The molecule has 162 valence electrons. The maximum absolute atomic E-state index is 9.31. The van der Waals surface area contributed by atoms with Crippen molar-refractivity contribution in [1.82, 2.24) is 9.97 Å². The number of rotatable bonds is 2. The van der Waals surface area contributed by atoms with Gasteiger partial charge in [-0.15, -0.1) is 11.3 Å². The Labute approximate surface area is 205 Å². The summed E-state index contributed by atoms with van der Waals surface area (Å²) in [4.78, 5) is 9.54. The molecule has 7 aromatic rings. The van der Waals surface area contributed by atoms with E-state index in [0.717, 1.165) is 49.6 Å². The van der Waals surface area contributed by atoms with E-state index < -0.39 is 0 Å². The van der Waals surface area contributed by atoms with Crippen LogP contribution in [0.2, 0.25) is 0 Å². The third-order valence-corrected chi connectivity index (χ3v) is 7.70. The van der Waals surface area contributed by atoms with Crippen LogP contribution in [0.25, 0.3) is 64.4 Å². The SMILES string of the molecule is N#Cc1ccc2sc3ccc(-c4ccc(-c5ccc6ccc7cccnc7c6n5)cc4)cc3c2c1. The van der Waals surface area contributed by atoms with Crippen molar-refractivity contribution in [1.29, 1.82) is 5.26 Å². The van der Waals surface area contributed by atoms with Gasteiger partial charge in [0.15, 0.2) is 0 Å². The molecule has 0 aliphatic rings. The zero-order chi connectivity index (χ0) is 23.4. The second-order valence-electron chi connectivity index (χ2n) is 8.62. The third-order valence-electron chi connectivity index (χ3n) is 6.54. The molecule has 3 aromatic heterocycles. The highest BCUT2D eigenvalue weighted by Crippen LogP contribution is 2.37. The molecule has 0 N–H and O–H groups in total. The lowest BCUT2D eigenvalue weighted by Crippen LogP contribution is -1.88. The molecule has 0 atom stereocenters. The fraction of sp³-hybridized carbons (Fsp3) is 0. The molecule has 4 heteroatoms. The Bertz CT molecular complexity index is 1960. The van der Waals surface area contributed by atoms with Gasteiger partial charge in [-0.1, -0.05) is 54.6 Å². The van der Waals surface area contributed by atoms with Gasteiger partial charge in [0.05, 0.1) is 28.4 Å². The summed E-state index contributed by atoms with van der Waals surface area (Å²) in [5.41, 5.74) is 6.87. The minimum atomic E-state index is 0.692. The van der Waals surface area contributed by atoms with Crippen molar-refractivity contribution in [2.45, 2.75) is 0 Å². The van der Waals surface area contributed by atoms with Crippen LogP contribution in [0.15, 0.2) is 103 Å². The molecule has 35 heavy (non-hydrogen) atoms. The number of thiophene rings is 1. The first kappa shape index (κ1) is 19.8. The van der Waals surface area contributed by atoms with Crippen LogP contribution >= 0.6 is 11.3 Å². The fourth-order valence-electron chi connectivity index (χ4n) is 4.74. The van der Waals surface area contributed by atoms with Crippen LogP contribution in [0.4, 0.5) is 0 Å². The Balaban J connectivity index is 1.30. The normalized spacial score (nSPS) is 11.4. The zero-order valence-electron chi connectivity index (χ0n) is 18.6. The van der Waals surface area contributed by atoms with E-state index in [1.165, 1.54) is 14.8 Å². The Morgan fingerprint density at radius 1 is 0.629 bits per heavy atom. The number of aromatic nitrogens is 2. The first-order chi connectivity index (χ1) is 17.3. The van der Waals surface area contributed by atoms with Crippen LogP contribution in [0, 0.1) is 11.3 Å². The Morgan fingerprint density at radius 3 is 2.14 bits per heavy atom. The largest absolute Gasteiger partial charge is 0.254 e. The first-order valence-corrected chi connectivity index (χ1v) is 12.2. The standard InChI is InChI=1S/C31H17N3S/c32-18-19-3-13-28-25(16-19)26-17-24(11-14-29(26)35-28)20-4-6-21(7-5-20)27-12-10-23-9-8-22-2-1-15-33-30(22)31(23)34-27/h1-17H. The summed E-state index contributed by atoms with van der Waals surface area (Å²) in [6, 6.07) is 35.7. The van der Waals surface area contributed by atoms with Crippen molar-refractivity contribution < 1.29 is 0 Å². The smallest absolute Gasteiger partial charge is 0.0991 e. The molecule has 3 nitrogen and oxygen atoms in total. The van der Waals surface area contributed by atoms with Gasteiger partial charge in [-0.2, -0.15) is 5.26 Å². The van der Waals surface area contributed by atoms with Crippen molar-refractivity contribution in [2.75, 3.05) is 0 Å². The molecule has 4 aromatic carbocycles. The van der Waals surface area contributed by atoms with Gasteiger partial charge in [0.25, 0.3) is 0 Å². The maximum atomic E-state index is 9.31. The van der Waals surface area contributed by atoms with Gasteiger partial charge in [-0.25, -0.2) is 4.98 Å². The van der Waals surface area contributed by atoms with Gasteiger partial charge >= 0.3 is 0 Å². The van der Waals surface area contributed by atoms with E-state index >= 15 is 0 Å². The highest BCUT2D eigenvalue weighted by atomic mass is 32.1. The molecule has 0 aliphatic heterocycles. The molecular weight excluding hydrogens is 446 g/mol. The number of pyridine rings is 2. The molecule has 0 saturated heterocycles. The van der Waals surface area contributed by atoms with Gasteiger partial charge in [0.2, 0.25) is 0 Å². The van der Waals surface area contributed by atoms with Gasteiger partial charge in [-0.3, -0.25) is 4.98 Å². The average Bonchev–Trinajstić information content (AvgIpc) is 3.30. The molecule has 0 bridgehead atoms. The molecule has 0 radical (unpaired) electrons. The number of fused-ring (bicyclic) bond motifs is 6. The highest BCUT2D eigenvalue weighted by Gasteiger charge is 2.10. The van der Waals surface area contributed by atoms with Crippen LogP contribution in [0.1, 0.15) is 5.56 Å². The molecule has 0 spiro atoms. The average molecular weight is 464 g/mol. The summed E-state index contributed by atoms with van der Waals surface area (Å²) < 4.78 is 2.44. The lowest BCUT2D eigenvalue weighted by atomic mass is 10.00. The summed E-state index contributed by atoms with van der Waals surface area (Å²) in [5, 5.41) is 13.8. The topological polar surface area (TPSA) is 49.6 Å². The summed E-state index contributed by atoms with van der Waals surface area (Å²) in [7, 11) is 0. The van der Waals surface area contributed by atoms with E-state index in [1.54, 1.807) is 11.3 Å². The monoisotopic (exact) mass is 463 g/mol. The minimum absolute atomic E-state index is 0.692. The maximum Gasteiger partial charge on any atom is 0.0991 e. The molecular formula is C31H17N3S. The van der Waals surface area contributed by atoms with Gasteiger partial charge in [0.1, 0.15) is 0 Å². The molecule has 3 heterocycles. The lowest BCUT2D eigenvalue weighted by molar-refractivity contribution is 1.37. The zero-order valence-corrected chi connectivity index (χ0v) is 19.4. The van der Waals surface area contributed by atoms with Crippen molar-refractivity contribution in [3.05, 3.63) is 109 Å². The lowest BCUT2D eigenvalue weighted by Gasteiger charge is -2.07. The molecule has 7 rings (SSSR count). The molecule has 0 aliphatic carbocycles. The van der Waals surface area contributed by atoms with E-state index in [0.29, 0.717) is 5.56 Å². The summed E-state index contributed by atoms with van der Waals surface area (Å²) in [5.74, 6) is 0. The molecule has 0 saturated carbocycles. The highest BCUT2D eigenvalue weighted by molar-refractivity contribution is 7.25. The van der Waals surface area contributed by atoms with Crippen LogP contribution < -0.4 is 0 Å². The number of benzene rings is 4. The van der Waals surface area contributed by atoms with Gasteiger partial charge in [0, 0.05) is 42.7 Å². The molecule has 0 unspecified atom stereocenters. The summed E-state index contributed by atoms with van der Waals surface area (Å²) in [6.07, 6.45) is 1.82. The van der Waals surface area contributed by atoms with E-state index in [2.05, 4.69) is 83.8 Å². The Hall–Kier alpha value is -4.59. The van der Waals surface area contributed by atoms with Crippen molar-refractivity contribution >= 4 is 53.3 Å². The molecule has 0 fully saturated rings. The molecule has 0 amide bonds. The minimum Gasteiger partial charge on any atom is -0.254 e. The third kappa shape index (κ3) is 3.25. The van der Waals surface area contributed by atoms with Crippen LogP contribution in [0.3, 0.4) is 0 Å². The summed E-state index contributed by atoms with van der Waals surface area (Å²) >= 11 is 1.76. The van der Waals surface area contributed by atoms with Crippen molar-refractivity contribution in [2.24, 2.45) is 0 Å². The number of hydrogen-bond acceptors (Lipinski definition) is 4. The van der Waals surface area contributed by atoms with Crippen molar-refractivity contribution in [3.63, 3.8) is 0 Å². The van der Waals surface area contributed by atoms with Crippen LogP contribution in [-0.4, -0.2) is 9.97 Å². The number of nitriles is 1. The van der Waals surface area contributed by atoms with E-state index in [4.69, 9.17) is 4.98 Å². The van der Waals surface area contributed by atoms with Crippen LogP contribution in [0.5, 0.6) is 0 Å². The number of hydrogen-bond donors (Lipinski definition) is 0. The first-order valence-electron chi connectivity index (χ1n) is 11.4. The second-order valence-corrected chi connectivity index (χ2v) is 9.71. The van der Waals surface area contributed by atoms with E-state index in [1.807, 2.05) is 30.5 Å². The predicted molar refractivity (Wildman–Crippen MR) is 146 cm³/mol. The van der Waals surface area contributed by atoms with Crippen molar-refractivity contribution in [3.8, 4) is 28.5 Å². The Kier molecular flexibility index (Phi) is 4.38. The Morgan fingerprint density at radius 2 is 1.31 bits per heavy atom. The fourth-order valence-corrected chi connectivity index (χ4v) is 5.81.